The second kappa shape index (κ2) is 10.4. The van der Waals surface area contributed by atoms with Crippen LogP contribution in [-0.4, -0.2) is 40.7 Å². The number of hydrogen-bond donors (Lipinski definition) is 0. The van der Waals surface area contributed by atoms with E-state index in [4.69, 9.17) is 21.7 Å². The van der Waals surface area contributed by atoms with Crippen LogP contribution in [0.25, 0.3) is 17.0 Å². The number of rotatable bonds is 8. The van der Waals surface area contributed by atoms with E-state index in [1.165, 1.54) is 11.0 Å². The predicted molar refractivity (Wildman–Crippen MR) is 147 cm³/mol. The summed E-state index contributed by atoms with van der Waals surface area (Å²) in [5, 5.41) is 1.40. The summed E-state index contributed by atoms with van der Waals surface area (Å²) in [7, 11) is 1.79. The van der Waals surface area contributed by atoms with E-state index in [9.17, 15) is 9.18 Å². The number of carbonyl (C=O) groups excluding carboxylic acids is 1. The summed E-state index contributed by atoms with van der Waals surface area (Å²) < 4.78 is 27.1. The first-order valence-corrected chi connectivity index (χ1v) is 12.4. The Morgan fingerprint density at radius 2 is 1.70 bits per heavy atom. The van der Waals surface area contributed by atoms with E-state index in [-0.39, 0.29) is 17.5 Å². The number of anilines is 1. The number of halogens is 1. The van der Waals surface area contributed by atoms with Crippen LogP contribution >= 0.6 is 12.2 Å². The van der Waals surface area contributed by atoms with Crippen LogP contribution in [0.2, 0.25) is 0 Å². The topological polar surface area (TPSA) is 46.9 Å². The van der Waals surface area contributed by atoms with Crippen LogP contribution < -0.4 is 14.4 Å². The van der Waals surface area contributed by atoms with Crippen molar-refractivity contribution in [3.05, 3.63) is 96.1 Å². The molecule has 4 aromatic rings. The van der Waals surface area contributed by atoms with Gasteiger partial charge in [0, 0.05) is 29.7 Å². The molecule has 188 valence electrons. The fourth-order valence-corrected chi connectivity index (χ4v) is 4.67. The Balaban J connectivity index is 1.41. The summed E-state index contributed by atoms with van der Waals surface area (Å²) in [6, 6.07) is 21.6. The van der Waals surface area contributed by atoms with Gasteiger partial charge in [0.15, 0.2) is 16.7 Å². The summed E-state index contributed by atoms with van der Waals surface area (Å²) in [5.74, 6) is 0.375. The molecule has 2 heterocycles. The summed E-state index contributed by atoms with van der Waals surface area (Å²) in [6.07, 6.45) is 3.84. The van der Waals surface area contributed by atoms with Crippen LogP contribution in [0.4, 0.5) is 10.1 Å². The number of benzene rings is 3. The SMILES string of the molecule is CCOc1ccc(N2C(=O)/C(=C/c3cn(CCOc4ccccc4F)c4ccccc34)N(C)C2=S)cc1. The Hall–Kier alpha value is -4.17. The molecular formula is C29H26FN3O3S. The number of fused-ring (bicyclic) bond motifs is 1. The van der Waals surface area contributed by atoms with Crippen LogP contribution in [-0.2, 0) is 11.3 Å². The van der Waals surface area contributed by atoms with Crippen molar-refractivity contribution in [2.24, 2.45) is 0 Å². The molecule has 1 aliphatic rings. The lowest BCUT2D eigenvalue weighted by atomic mass is 10.1. The Bertz CT molecular complexity index is 1500. The number of amides is 1. The number of hydrogen-bond acceptors (Lipinski definition) is 4. The molecule has 1 aliphatic heterocycles. The van der Waals surface area contributed by atoms with Crippen LogP contribution in [0.1, 0.15) is 12.5 Å². The number of aromatic nitrogens is 1. The van der Waals surface area contributed by atoms with Crippen molar-refractivity contribution in [2.45, 2.75) is 13.5 Å². The molecule has 1 fully saturated rings. The fourth-order valence-electron chi connectivity index (χ4n) is 4.38. The van der Waals surface area contributed by atoms with Crippen molar-refractivity contribution in [3.8, 4) is 11.5 Å². The second-order valence-corrected chi connectivity index (χ2v) is 8.88. The first kappa shape index (κ1) is 24.5. The Morgan fingerprint density at radius 1 is 0.973 bits per heavy atom. The molecule has 1 aromatic heterocycles. The predicted octanol–water partition coefficient (Wildman–Crippen LogP) is 5.86. The third-order valence-electron chi connectivity index (χ3n) is 6.21. The highest BCUT2D eigenvalue weighted by molar-refractivity contribution is 7.80. The molecule has 0 saturated carbocycles. The molecule has 8 heteroatoms. The summed E-state index contributed by atoms with van der Waals surface area (Å²) in [5.41, 5.74) is 3.03. The molecule has 1 amide bonds. The molecular weight excluding hydrogens is 489 g/mol. The molecule has 6 nitrogen and oxygen atoms in total. The summed E-state index contributed by atoms with van der Waals surface area (Å²) in [6.45, 7) is 3.30. The Labute approximate surface area is 220 Å². The van der Waals surface area contributed by atoms with Crippen molar-refractivity contribution < 1.29 is 18.7 Å². The van der Waals surface area contributed by atoms with E-state index in [1.54, 1.807) is 30.1 Å². The highest BCUT2D eigenvalue weighted by Crippen LogP contribution is 2.31. The molecule has 1 saturated heterocycles. The van der Waals surface area contributed by atoms with Gasteiger partial charge in [-0.2, -0.15) is 0 Å². The minimum atomic E-state index is -0.388. The zero-order chi connectivity index (χ0) is 25.9. The zero-order valence-electron chi connectivity index (χ0n) is 20.6. The smallest absolute Gasteiger partial charge is 0.281 e. The molecule has 37 heavy (non-hydrogen) atoms. The molecule has 0 N–H and O–H groups in total. The first-order chi connectivity index (χ1) is 18.0. The van der Waals surface area contributed by atoms with Gasteiger partial charge in [0.1, 0.15) is 18.1 Å². The molecule has 3 aromatic carbocycles. The lowest BCUT2D eigenvalue weighted by molar-refractivity contribution is -0.114. The third-order valence-corrected chi connectivity index (χ3v) is 6.66. The molecule has 0 unspecified atom stereocenters. The van der Waals surface area contributed by atoms with Gasteiger partial charge in [0.2, 0.25) is 0 Å². The lowest BCUT2D eigenvalue weighted by Crippen LogP contribution is -2.31. The van der Waals surface area contributed by atoms with Crippen LogP contribution in [0.3, 0.4) is 0 Å². The largest absolute Gasteiger partial charge is 0.494 e. The number of nitrogens with zero attached hydrogens (tertiary/aromatic N) is 3. The zero-order valence-corrected chi connectivity index (χ0v) is 21.4. The summed E-state index contributed by atoms with van der Waals surface area (Å²) in [4.78, 5) is 16.7. The number of carbonyl (C=O) groups is 1. The normalized spacial score (nSPS) is 14.7. The molecule has 0 radical (unpaired) electrons. The number of thiocarbonyl (C=S) groups is 1. The van der Waals surface area contributed by atoms with E-state index >= 15 is 0 Å². The van der Waals surface area contributed by atoms with Crippen LogP contribution in [0.15, 0.2) is 84.7 Å². The minimum absolute atomic E-state index is 0.198. The van der Waals surface area contributed by atoms with E-state index in [2.05, 4.69) is 0 Å². The van der Waals surface area contributed by atoms with Gasteiger partial charge in [-0.05, 0) is 67.7 Å². The molecule has 0 bridgehead atoms. The Morgan fingerprint density at radius 3 is 2.46 bits per heavy atom. The van der Waals surface area contributed by atoms with Crippen molar-refractivity contribution >= 4 is 45.9 Å². The first-order valence-electron chi connectivity index (χ1n) is 12.0. The third kappa shape index (κ3) is 4.80. The maximum Gasteiger partial charge on any atom is 0.281 e. The lowest BCUT2D eigenvalue weighted by Gasteiger charge is -2.16. The van der Waals surface area contributed by atoms with Gasteiger partial charge >= 0.3 is 0 Å². The van der Waals surface area contributed by atoms with Crippen molar-refractivity contribution in [1.82, 2.24) is 9.47 Å². The van der Waals surface area contributed by atoms with Gasteiger partial charge in [-0.15, -0.1) is 0 Å². The van der Waals surface area contributed by atoms with Gasteiger partial charge in [0.05, 0.1) is 18.8 Å². The van der Waals surface area contributed by atoms with Gasteiger partial charge in [-0.1, -0.05) is 30.3 Å². The number of ether oxygens (including phenoxy) is 2. The highest BCUT2D eigenvalue weighted by atomic mass is 32.1. The summed E-state index contributed by atoms with van der Waals surface area (Å²) >= 11 is 5.62. The minimum Gasteiger partial charge on any atom is -0.494 e. The highest BCUT2D eigenvalue weighted by Gasteiger charge is 2.37. The molecule has 0 aliphatic carbocycles. The average molecular weight is 516 g/mol. The van der Waals surface area contributed by atoms with E-state index in [0.717, 1.165) is 22.2 Å². The quantitative estimate of drug-likeness (QED) is 0.217. The standard InChI is InChI=1S/C29H26FN3O3S/c1-3-35-22-14-12-21(13-15-22)33-28(34)26(31(2)29(33)37)18-20-19-32(25-10-6-4-8-23(20)25)16-17-36-27-11-7-5-9-24(27)30/h4-15,18-19H,3,16-17H2,1-2H3/b26-18-. The van der Waals surface area contributed by atoms with Crippen molar-refractivity contribution in [1.29, 1.82) is 0 Å². The van der Waals surface area contributed by atoms with Gasteiger partial charge in [-0.25, -0.2) is 4.39 Å². The van der Waals surface area contributed by atoms with Gasteiger partial charge < -0.3 is 18.9 Å². The monoisotopic (exact) mass is 515 g/mol. The van der Waals surface area contributed by atoms with E-state index in [1.807, 2.05) is 72.3 Å². The second-order valence-electron chi connectivity index (χ2n) is 8.51. The van der Waals surface area contributed by atoms with Crippen molar-refractivity contribution in [3.63, 3.8) is 0 Å². The fraction of sp³-hybridized carbons (Fsp3) is 0.172. The van der Waals surface area contributed by atoms with E-state index < -0.39 is 0 Å². The molecule has 5 rings (SSSR count). The van der Waals surface area contributed by atoms with Gasteiger partial charge in [0.25, 0.3) is 5.91 Å². The van der Waals surface area contributed by atoms with Crippen LogP contribution in [0, 0.1) is 5.82 Å². The van der Waals surface area contributed by atoms with Gasteiger partial charge in [-0.3, -0.25) is 9.69 Å². The molecule has 0 spiro atoms. The average Bonchev–Trinajstić information content (AvgIpc) is 3.36. The van der Waals surface area contributed by atoms with E-state index in [0.29, 0.717) is 36.3 Å². The maximum absolute atomic E-state index is 13.9. The maximum atomic E-state index is 13.9. The molecule has 0 atom stereocenters. The number of para-hydroxylation sites is 2. The Kier molecular flexibility index (Phi) is 6.92. The van der Waals surface area contributed by atoms with Crippen molar-refractivity contribution in [2.75, 3.05) is 25.2 Å². The number of likely N-dealkylation sites (N-methyl/N-ethyl adjacent to an activating group) is 1. The van der Waals surface area contributed by atoms with Crippen LogP contribution in [0.5, 0.6) is 11.5 Å².